The largest absolute Gasteiger partial charge is 0.493 e. The van der Waals surface area contributed by atoms with Gasteiger partial charge in [-0.2, -0.15) is 10.4 Å². The average Bonchev–Trinajstić information content (AvgIpc) is 3.07. The average molecular weight is 709 g/mol. The molecular weight excluding hydrogens is 674 g/mol. The minimum atomic E-state index is -1.19. The first-order chi connectivity index (χ1) is 22.7. The van der Waals surface area contributed by atoms with E-state index in [0.717, 1.165) is 5.56 Å². The van der Waals surface area contributed by atoms with Gasteiger partial charge in [-0.25, -0.2) is 9.59 Å². The number of aliphatic hydroxyl groups is 1. The molecule has 3 aromatic rings. The van der Waals surface area contributed by atoms with Crippen molar-refractivity contribution in [1.29, 1.82) is 5.26 Å². The lowest BCUT2D eigenvalue weighted by molar-refractivity contribution is -0.136. The number of halogens is 1. The van der Waals surface area contributed by atoms with Crippen molar-refractivity contribution in [3.8, 4) is 29.1 Å². The van der Waals surface area contributed by atoms with E-state index in [4.69, 9.17) is 23.7 Å². The Kier molecular flexibility index (Phi) is 12.0. The maximum absolute atomic E-state index is 12.5. The SMILES string of the molecule is CCOc1cc([C@@H]2NC(=O)NC(C)=C2C(=O)OC)ccc1OC[C@H](O)N/N=C\c1cc(OC)c(OCc2ccccc2C#N)cc1Br. The van der Waals surface area contributed by atoms with Gasteiger partial charge in [-0.15, -0.1) is 0 Å². The lowest BCUT2D eigenvalue weighted by Gasteiger charge is -2.28. The molecular formula is C33H34BrN5O8. The number of hydrazone groups is 1. The van der Waals surface area contributed by atoms with Crippen LogP contribution in [0.25, 0.3) is 0 Å². The highest BCUT2D eigenvalue weighted by Crippen LogP contribution is 2.35. The van der Waals surface area contributed by atoms with Crippen LogP contribution in [-0.4, -0.2) is 57.0 Å². The van der Waals surface area contributed by atoms with E-state index < -0.39 is 24.3 Å². The van der Waals surface area contributed by atoms with E-state index in [0.29, 0.717) is 56.5 Å². The standard InChI is InChI=1S/C33H34BrN5O8/c1-5-45-27-12-20(31-30(32(41)44-4)19(2)37-33(42)38-31)10-11-25(27)47-18-29(40)39-36-16-23-13-26(43-3)28(14-24(23)34)46-17-22-9-7-6-8-21(22)15-35/h6-14,16,29,31,39-40H,5,17-18H2,1-4H3,(H2,37,38,42)/b36-16-/t29-,31-/m0/s1. The number of rotatable bonds is 14. The number of carbonyl (C=O) groups excluding carboxylic acids is 2. The summed E-state index contributed by atoms with van der Waals surface area (Å²) in [6.07, 6.45) is 0.302. The minimum absolute atomic E-state index is 0.182. The summed E-state index contributed by atoms with van der Waals surface area (Å²) in [7, 11) is 2.78. The molecule has 0 radical (unpaired) electrons. The normalized spacial score (nSPS) is 14.8. The Balaban J connectivity index is 1.40. The predicted molar refractivity (Wildman–Crippen MR) is 175 cm³/mol. The van der Waals surface area contributed by atoms with Gasteiger partial charge in [0.25, 0.3) is 0 Å². The van der Waals surface area contributed by atoms with Gasteiger partial charge in [-0.1, -0.05) is 24.3 Å². The molecule has 1 heterocycles. The van der Waals surface area contributed by atoms with Crippen molar-refractivity contribution in [2.45, 2.75) is 32.7 Å². The summed E-state index contributed by atoms with van der Waals surface area (Å²) < 4.78 is 28.6. The summed E-state index contributed by atoms with van der Waals surface area (Å²) in [4.78, 5) is 24.6. The number of esters is 1. The number of carbonyl (C=O) groups is 2. The van der Waals surface area contributed by atoms with Crippen LogP contribution in [0.4, 0.5) is 4.79 Å². The highest BCUT2D eigenvalue weighted by molar-refractivity contribution is 9.10. The number of hydrogen-bond donors (Lipinski definition) is 4. The number of methoxy groups -OCH3 is 2. The summed E-state index contributed by atoms with van der Waals surface area (Å²) in [5.41, 5.74) is 5.74. The van der Waals surface area contributed by atoms with E-state index in [1.165, 1.54) is 20.4 Å². The Hall–Kier alpha value is -5.26. The molecule has 0 saturated heterocycles. The quantitative estimate of drug-likeness (QED) is 0.0813. The number of nitriles is 1. The van der Waals surface area contributed by atoms with Gasteiger partial charge < -0.3 is 39.4 Å². The molecule has 47 heavy (non-hydrogen) atoms. The zero-order chi connectivity index (χ0) is 33.9. The number of amides is 2. The van der Waals surface area contributed by atoms with Crippen LogP contribution in [0.3, 0.4) is 0 Å². The minimum Gasteiger partial charge on any atom is -0.493 e. The molecule has 0 fully saturated rings. The first kappa shape index (κ1) is 34.6. The fourth-order valence-electron chi connectivity index (χ4n) is 4.65. The molecule has 1 aliphatic heterocycles. The summed E-state index contributed by atoms with van der Waals surface area (Å²) in [5, 5.41) is 29.3. The van der Waals surface area contributed by atoms with Crippen LogP contribution in [-0.2, 0) is 16.1 Å². The molecule has 246 valence electrons. The van der Waals surface area contributed by atoms with Crippen molar-refractivity contribution in [3.05, 3.63) is 92.6 Å². The molecule has 0 bridgehead atoms. The number of nitrogens with one attached hydrogen (secondary N) is 3. The molecule has 14 heteroatoms. The molecule has 0 spiro atoms. The molecule has 2 amide bonds. The van der Waals surface area contributed by atoms with Crippen molar-refractivity contribution < 1.29 is 38.4 Å². The molecule has 13 nitrogen and oxygen atoms in total. The summed E-state index contributed by atoms with van der Waals surface area (Å²) >= 11 is 3.51. The van der Waals surface area contributed by atoms with E-state index in [2.05, 4.69) is 43.2 Å². The third-order valence-electron chi connectivity index (χ3n) is 6.90. The van der Waals surface area contributed by atoms with Crippen LogP contribution in [0.15, 0.2) is 75.4 Å². The van der Waals surface area contributed by atoms with E-state index in [1.807, 2.05) is 12.1 Å². The maximum Gasteiger partial charge on any atom is 0.337 e. The number of nitrogens with zero attached hydrogens (tertiary/aromatic N) is 2. The van der Waals surface area contributed by atoms with Crippen LogP contribution in [0, 0.1) is 11.3 Å². The van der Waals surface area contributed by atoms with E-state index in [1.54, 1.807) is 56.3 Å². The van der Waals surface area contributed by atoms with Crippen LogP contribution in [0.5, 0.6) is 23.0 Å². The van der Waals surface area contributed by atoms with Crippen LogP contribution in [0.2, 0.25) is 0 Å². The Bertz CT molecular complexity index is 1720. The van der Waals surface area contributed by atoms with Gasteiger partial charge in [0.05, 0.1) is 50.3 Å². The Morgan fingerprint density at radius 2 is 1.87 bits per heavy atom. The van der Waals surface area contributed by atoms with Crippen molar-refractivity contribution in [3.63, 3.8) is 0 Å². The Labute approximate surface area is 280 Å². The van der Waals surface area contributed by atoms with Gasteiger partial charge in [0.15, 0.2) is 29.2 Å². The monoisotopic (exact) mass is 707 g/mol. The number of urea groups is 1. The summed E-state index contributed by atoms with van der Waals surface area (Å²) in [6.45, 7) is 3.74. The predicted octanol–water partition coefficient (Wildman–Crippen LogP) is 4.43. The molecule has 0 aromatic heterocycles. The van der Waals surface area contributed by atoms with Gasteiger partial charge in [-0.05, 0) is 65.7 Å². The second kappa shape index (κ2) is 16.3. The number of hydrogen-bond acceptors (Lipinski definition) is 11. The second-order valence-electron chi connectivity index (χ2n) is 10.00. The van der Waals surface area contributed by atoms with E-state index in [9.17, 15) is 20.0 Å². The van der Waals surface area contributed by atoms with Crippen LogP contribution in [0.1, 0.15) is 42.1 Å². The van der Waals surface area contributed by atoms with Crippen molar-refractivity contribution in [2.24, 2.45) is 5.10 Å². The molecule has 0 aliphatic carbocycles. The third-order valence-corrected chi connectivity index (χ3v) is 7.59. The summed E-state index contributed by atoms with van der Waals surface area (Å²) in [6, 6.07) is 16.5. The molecule has 0 saturated carbocycles. The molecule has 3 aromatic carbocycles. The van der Waals surface area contributed by atoms with Crippen molar-refractivity contribution >= 4 is 34.1 Å². The lowest BCUT2D eigenvalue weighted by Crippen LogP contribution is -2.45. The number of aliphatic hydroxyl groups excluding tert-OH is 1. The number of allylic oxidation sites excluding steroid dienone is 1. The van der Waals surface area contributed by atoms with Crippen molar-refractivity contribution in [1.82, 2.24) is 16.1 Å². The first-order valence-corrected chi connectivity index (χ1v) is 15.2. The molecule has 4 N–H and O–H groups in total. The van der Waals surface area contributed by atoms with Crippen LogP contribution >= 0.6 is 15.9 Å². The third kappa shape index (κ3) is 8.72. The zero-order valence-corrected chi connectivity index (χ0v) is 27.7. The highest BCUT2D eigenvalue weighted by atomic mass is 79.9. The number of ether oxygens (including phenoxy) is 5. The van der Waals surface area contributed by atoms with Gasteiger partial charge in [-0.3, -0.25) is 5.43 Å². The topological polar surface area (TPSA) is 173 Å². The summed E-state index contributed by atoms with van der Waals surface area (Å²) in [5.74, 6) is 1.03. The second-order valence-corrected chi connectivity index (χ2v) is 10.9. The molecule has 4 rings (SSSR count). The van der Waals surface area contributed by atoms with E-state index in [-0.39, 0.29) is 18.8 Å². The first-order valence-electron chi connectivity index (χ1n) is 14.4. The van der Waals surface area contributed by atoms with Gasteiger partial charge >= 0.3 is 12.0 Å². The van der Waals surface area contributed by atoms with E-state index >= 15 is 0 Å². The molecule has 2 atom stereocenters. The van der Waals surface area contributed by atoms with Crippen LogP contribution < -0.4 is 35.0 Å². The fourth-order valence-corrected chi connectivity index (χ4v) is 5.07. The van der Waals surface area contributed by atoms with Gasteiger partial charge in [0, 0.05) is 21.3 Å². The van der Waals surface area contributed by atoms with Crippen molar-refractivity contribution in [2.75, 3.05) is 27.4 Å². The Morgan fingerprint density at radius 1 is 1.11 bits per heavy atom. The molecule has 1 aliphatic rings. The van der Waals surface area contributed by atoms with Gasteiger partial charge in [0.1, 0.15) is 13.2 Å². The Morgan fingerprint density at radius 3 is 2.60 bits per heavy atom. The van der Waals surface area contributed by atoms with Gasteiger partial charge in [0.2, 0.25) is 0 Å². The highest BCUT2D eigenvalue weighted by Gasteiger charge is 2.32. The smallest absolute Gasteiger partial charge is 0.337 e. The maximum atomic E-state index is 12.5. The fraction of sp³-hybridized carbons (Fsp3) is 0.273. The lowest BCUT2D eigenvalue weighted by atomic mass is 9.95. The zero-order valence-electron chi connectivity index (χ0n) is 26.1. The molecule has 0 unspecified atom stereocenters. The number of benzene rings is 3.